The van der Waals surface area contributed by atoms with Crippen LogP contribution in [0.2, 0.25) is 5.02 Å². The van der Waals surface area contributed by atoms with Crippen LogP contribution in [-0.4, -0.2) is 25.4 Å². The molecule has 1 N–H and O–H groups in total. The van der Waals surface area contributed by atoms with Crippen molar-refractivity contribution in [2.75, 3.05) is 13.2 Å². The maximum atomic E-state index is 11.1. The lowest BCUT2D eigenvalue weighted by Gasteiger charge is -2.04. The normalized spacial score (nSPS) is 10.9. The third-order valence-electron chi connectivity index (χ3n) is 2.11. The van der Waals surface area contributed by atoms with Crippen molar-refractivity contribution in [2.45, 2.75) is 6.92 Å². The Bertz CT molecular complexity index is 440. The number of halogens is 1. The van der Waals surface area contributed by atoms with Gasteiger partial charge in [-0.05, 0) is 24.6 Å². The van der Waals surface area contributed by atoms with E-state index in [2.05, 4.69) is 5.32 Å². The first-order valence-electron chi connectivity index (χ1n) is 5.47. The molecule has 0 radical (unpaired) electrons. The van der Waals surface area contributed by atoms with E-state index < -0.39 is 0 Å². The van der Waals surface area contributed by atoms with E-state index in [1.54, 1.807) is 31.2 Å². The number of aldehydes is 1. The number of rotatable bonds is 6. The van der Waals surface area contributed by atoms with E-state index in [9.17, 15) is 9.59 Å². The van der Waals surface area contributed by atoms with Crippen molar-refractivity contribution in [2.24, 2.45) is 0 Å². The summed E-state index contributed by atoms with van der Waals surface area (Å²) in [7, 11) is 0. The summed E-state index contributed by atoms with van der Waals surface area (Å²) in [6.45, 7) is 2.10. The van der Waals surface area contributed by atoms with Crippen LogP contribution in [0, 0.1) is 0 Å². The van der Waals surface area contributed by atoms with Crippen LogP contribution in [0.15, 0.2) is 30.5 Å². The summed E-state index contributed by atoms with van der Waals surface area (Å²) in [6.07, 6.45) is 2.19. The lowest BCUT2D eigenvalue weighted by atomic mass is 10.1. The van der Waals surface area contributed by atoms with Gasteiger partial charge in [0.1, 0.15) is 6.54 Å². The summed E-state index contributed by atoms with van der Waals surface area (Å²) in [5, 5.41) is 3.33. The lowest BCUT2D eigenvalue weighted by molar-refractivity contribution is -0.141. The maximum absolute atomic E-state index is 11.1. The fraction of sp³-hybridized carbons (Fsp3) is 0.231. The molecule has 1 aromatic rings. The number of hydrogen-bond donors (Lipinski definition) is 1. The van der Waals surface area contributed by atoms with Crippen molar-refractivity contribution < 1.29 is 14.3 Å². The molecule has 0 amide bonds. The number of allylic oxidation sites excluding steroid dienone is 1. The van der Waals surface area contributed by atoms with Crippen molar-refractivity contribution in [3.63, 3.8) is 0 Å². The Morgan fingerprint density at radius 3 is 2.61 bits per heavy atom. The van der Waals surface area contributed by atoms with Gasteiger partial charge in [-0.3, -0.25) is 9.59 Å². The van der Waals surface area contributed by atoms with Gasteiger partial charge >= 0.3 is 5.97 Å². The molecular formula is C13H14ClNO3. The van der Waals surface area contributed by atoms with Gasteiger partial charge in [0.15, 0.2) is 6.29 Å². The van der Waals surface area contributed by atoms with Gasteiger partial charge in [0, 0.05) is 16.8 Å². The van der Waals surface area contributed by atoms with E-state index in [4.69, 9.17) is 16.3 Å². The quantitative estimate of drug-likeness (QED) is 0.487. The zero-order valence-corrected chi connectivity index (χ0v) is 10.7. The van der Waals surface area contributed by atoms with Crippen LogP contribution in [0.25, 0.3) is 5.57 Å². The van der Waals surface area contributed by atoms with Gasteiger partial charge < -0.3 is 10.1 Å². The topological polar surface area (TPSA) is 55.4 Å². The van der Waals surface area contributed by atoms with Crippen molar-refractivity contribution >= 4 is 29.4 Å². The van der Waals surface area contributed by atoms with E-state index in [0.717, 1.165) is 5.56 Å². The molecule has 0 spiro atoms. The molecule has 0 atom stereocenters. The fourth-order valence-corrected chi connectivity index (χ4v) is 1.41. The average Bonchev–Trinajstić information content (AvgIpc) is 2.36. The van der Waals surface area contributed by atoms with E-state index >= 15 is 0 Å². The van der Waals surface area contributed by atoms with E-state index in [0.29, 0.717) is 23.5 Å². The molecule has 0 bridgehead atoms. The minimum atomic E-state index is -0.366. The monoisotopic (exact) mass is 267 g/mol. The molecule has 0 aliphatic carbocycles. The number of carbonyl (C=O) groups excluding carboxylic acids is 2. The fourth-order valence-electron chi connectivity index (χ4n) is 1.28. The van der Waals surface area contributed by atoms with E-state index in [-0.39, 0.29) is 12.5 Å². The van der Waals surface area contributed by atoms with Crippen LogP contribution in [0.1, 0.15) is 12.5 Å². The number of benzene rings is 1. The smallest absolute Gasteiger partial charge is 0.325 e. The molecule has 0 saturated carbocycles. The summed E-state index contributed by atoms with van der Waals surface area (Å²) in [4.78, 5) is 22.0. The number of carbonyl (C=O) groups is 2. The zero-order valence-electron chi connectivity index (χ0n) is 9.98. The molecule has 18 heavy (non-hydrogen) atoms. The van der Waals surface area contributed by atoms with E-state index in [1.807, 2.05) is 0 Å². The largest absolute Gasteiger partial charge is 0.465 e. The zero-order chi connectivity index (χ0) is 13.4. The number of nitrogens with one attached hydrogen (secondary N) is 1. The highest BCUT2D eigenvalue weighted by atomic mass is 35.5. The van der Waals surface area contributed by atoms with Crippen LogP contribution in [0.3, 0.4) is 0 Å². The molecule has 0 aromatic heterocycles. The summed E-state index contributed by atoms with van der Waals surface area (Å²) in [5.41, 5.74) is 1.17. The van der Waals surface area contributed by atoms with Gasteiger partial charge in [-0.2, -0.15) is 0 Å². The molecular weight excluding hydrogens is 254 g/mol. The molecule has 0 saturated heterocycles. The Morgan fingerprint density at radius 2 is 2.06 bits per heavy atom. The first-order valence-corrected chi connectivity index (χ1v) is 5.85. The molecule has 1 rings (SSSR count). The Morgan fingerprint density at radius 1 is 1.39 bits per heavy atom. The third-order valence-corrected chi connectivity index (χ3v) is 2.37. The second-order valence-electron chi connectivity index (χ2n) is 3.41. The lowest BCUT2D eigenvalue weighted by Crippen LogP contribution is -2.20. The van der Waals surface area contributed by atoms with Crippen LogP contribution < -0.4 is 5.32 Å². The first-order chi connectivity index (χ1) is 8.67. The molecule has 0 aliphatic rings. The minimum Gasteiger partial charge on any atom is -0.465 e. The predicted octanol–water partition coefficient (Wildman–Crippen LogP) is 2.03. The third kappa shape index (κ3) is 4.59. The second-order valence-corrected chi connectivity index (χ2v) is 3.85. The summed E-state index contributed by atoms with van der Waals surface area (Å²) in [5.74, 6) is -0.366. The Hall–Kier alpha value is -1.81. The van der Waals surface area contributed by atoms with Gasteiger partial charge in [-0.1, -0.05) is 23.7 Å². The molecule has 5 heteroatoms. The molecule has 0 aliphatic heterocycles. The van der Waals surface area contributed by atoms with Gasteiger partial charge in [-0.25, -0.2) is 0 Å². The van der Waals surface area contributed by atoms with Gasteiger partial charge in [0.2, 0.25) is 0 Å². The Labute approximate surface area is 111 Å². The highest BCUT2D eigenvalue weighted by molar-refractivity contribution is 6.30. The number of hydrogen-bond acceptors (Lipinski definition) is 4. The van der Waals surface area contributed by atoms with Crippen molar-refractivity contribution in [1.29, 1.82) is 0 Å². The van der Waals surface area contributed by atoms with Crippen molar-refractivity contribution in [3.05, 3.63) is 41.1 Å². The van der Waals surface area contributed by atoms with Gasteiger partial charge in [0.25, 0.3) is 0 Å². The number of ether oxygens (including phenoxy) is 1. The van der Waals surface area contributed by atoms with Crippen molar-refractivity contribution in [1.82, 2.24) is 5.32 Å². The average molecular weight is 268 g/mol. The molecule has 1 aromatic carbocycles. The summed E-state index contributed by atoms with van der Waals surface area (Å²) >= 11 is 5.76. The minimum absolute atomic E-state index is 0.0266. The summed E-state index contributed by atoms with van der Waals surface area (Å²) < 4.78 is 4.74. The van der Waals surface area contributed by atoms with Crippen LogP contribution in [0.4, 0.5) is 0 Å². The second kappa shape index (κ2) is 7.50. The van der Waals surface area contributed by atoms with Crippen LogP contribution in [-0.2, 0) is 14.3 Å². The Balaban J connectivity index is 2.63. The van der Waals surface area contributed by atoms with Gasteiger partial charge in [0.05, 0.1) is 6.61 Å². The molecule has 0 fully saturated rings. The highest BCUT2D eigenvalue weighted by Crippen LogP contribution is 2.15. The molecule has 0 unspecified atom stereocenters. The predicted molar refractivity (Wildman–Crippen MR) is 70.1 cm³/mol. The molecule has 96 valence electrons. The Kier molecular flexibility index (Phi) is 5.94. The SMILES string of the molecule is CCOC(=O)CNC=C(C=O)c1ccc(Cl)cc1. The van der Waals surface area contributed by atoms with Crippen LogP contribution >= 0.6 is 11.6 Å². The molecule has 0 heterocycles. The van der Waals surface area contributed by atoms with Gasteiger partial charge in [-0.15, -0.1) is 0 Å². The van der Waals surface area contributed by atoms with Crippen LogP contribution in [0.5, 0.6) is 0 Å². The highest BCUT2D eigenvalue weighted by Gasteiger charge is 2.02. The molecule has 4 nitrogen and oxygen atoms in total. The van der Waals surface area contributed by atoms with Crippen molar-refractivity contribution in [3.8, 4) is 0 Å². The van der Waals surface area contributed by atoms with E-state index in [1.165, 1.54) is 6.20 Å². The number of esters is 1. The summed E-state index contributed by atoms with van der Waals surface area (Å²) in [6, 6.07) is 6.85. The maximum Gasteiger partial charge on any atom is 0.325 e. The standard InChI is InChI=1S/C13H14ClNO3/c1-2-18-13(17)8-15-7-11(9-16)10-3-5-12(14)6-4-10/h3-7,9,15H,2,8H2,1H3. The first kappa shape index (κ1) is 14.3.